The van der Waals surface area contributed by atoms with Crippen LogP contribution < -0.4 is 5.32 Å². The molecule has 0 fully saturated rings. The number of hydrogen-bond acceptors (Lipinski definition) is 3. The fourth-order valence-electron chi connectivity index (χ4n) is 2.61. The Morgan fingerprint density at radius 3 is 2.48 bits per heavy atom. The van der Waals surface area contributed by atoms with Gasteiger partial charge in [-0.3, -0.25) is 0 Å². The first-order valence-electron chi connectivity index (χ1n) is 6.96. The highest BCUT2D eigenvalue weighted by molar-refractivity contribution is 5.87. The van der Waals surface area contributed by atoms with Crippen LogP contribution in [0.25, 0.3) is 10.8 Å². The molecular weight excluding hydrogens is 265 g/mol. The van der Waals surface area contributed by atoms with Gasteiger partial charge in [0.15, 0.2) is 0 Å². The number of halogens is 1. The highest BCUT2D eigenvalue weighted by atomic mass is 19.1. The molecule has 1 unspecified atom stereocenters. The summed E-state index contributed by atoms with van der Waals surface area (Å²) in [7, 11) is 0. The van der Waals surface area contributed by atoms with Crippen molar-refractivity contribution >= 4 is 10.8 Å². The predicted molar refractivity (Wildman–Crippen MR) is 81.5 cm³/mol. The topological polar surface area (TPSA) is 37.8 Å². The molecule has 3 aromatic rings. The molecule has 0 bridgehead atoms. The maximum Gasteiger partial charge on any atom is 0.131 e. The lowest BCUT2D eigenvalue weighted by Crippen LogP contribution is -2.22. The zero-order valence-electron chi connectivity index (χ0n) is 11.8. The van der Waals surface area contributed by atoms with Crippen LogP contribution in [0.4, 0.5) is 4.39 Å². The van der Waals surface area contributed by atoms with E-state index < -0.39 is 0 Å². The van der Waals surface area contributed by atoms with Crippen molar-refractivity contribution in [2.24, 2.45) is 0 Å². The minimum absolute atomic E-state index is 0.0540. The maximum atomic E-state index is 14.0. The van der Waals surface area contributed by atoms with Crippen LogP contribution in [0.1, 0.15) is 24.1 Å². The van der Waals surface area contributed by atoms with Crippen LogP contribution in [-0.2, 0) is 0 Å². The molecule has 106 valence electrons. The van der Waals surface area contributed by atoms with Gasteiger partial charge in [-0.05, 0) is 23.6 Å². The van der Waals surface area contributed by atoms with Gasteiger partial charge in [-0.25, -0.2) is 14.4 Å². The minimum Gasteiger partial charge on any atom is -0.306 e. The minimum atomic E-state index is -0.200. The van der Waals surface area contributed by atoms with Gasteiger partial charge in [0, 0.05) is 23.3 Å². The molecule has 3 rings (SSSR count). The van der Waals surface area contributed by atoms with Crippen LogP contribution >= 0.6 is 0 Å². The number of rotatable bonds is 4. The van der Waals surface area contributed by atoms with Crippen molar-refractivity contribution in [3.05, 3.63) is 72.1 Å². The van der Waals surface area contributed by atoms with Crippen LogP contribution in [0.2, 0.25) is 0 Å². The van der Waals surface area contributed by atoms with E-state index in [1.165, 1.54) is 12.4 Å². The third kappa shape index (κ3) is 2.62. The van der Waals surface area contributed by atoms with E-state index in [2.05, 4.69) is 15.3 Å². The highest BCUT2D eigenvalue weighted by Gasteiger charge is 2.17. The fraction of sp³-hybridized carbons (Fsp3) is 0.176. The molecule has 4 heteroatoms. The van der Waals surface area contributed by atoms with E-state index in [4.69, 9.17) is 0 Å². The first-order valence-corrected chi connectivity index (χ1v) is 6.96. The second kappa shape index (κ2) is 5.97. The normalized spacial score (nSPS) is 12.5. The molecule has 0 aliphatic rings. The molecule has 0 saturated heterocycles. The molecule has 0 radical (unpaired) electrons. The molecule has 2 aromatic carbocycles. The summed E-state index contributed by atoms with van der Waals surface area (Å²) < 4.78 is 14.0. The molecule has 0 amide bonds. The van der Waals surface area contributed by atoms with Gasteiger partial charge >= 0.3 is 0 Å². The standard InChI is InChI=1S/C17H16FN3/c1-2-21-17(12-9-19-11-20-10-12)15-7-8-16(18)14-6-4-3-5-13(14)15/h3-11,17,21H,2H2,1H3. The number of nitrogens with one attached hydrogen (secondary N) is 1. The van der Waals surface area contributed by atoms with Gasteiger partial charge in [0.1, 0.15) is 12.1 Å². The molecule has 3 nitrogen and oxygen atoms in total. The van der Waals surface area contributed by atoms with Gasteiger partial charge in [-0.15, -0.1) is 0 Å². The summed E-state index contributed by atoms with van der Waals surface area (Å²) in [6.07, 6.45) is 5.09. The lowest BCUT2D eigenvalue weighted by molar-refractivity contribution is 0.622. The Hall–Kier alpha value is -2.33. The van der Waals surface area contributed by atoms with Crippen LogP contribution in [0.15, 0.2) is 55.1 Å². The summed E-state index contributed by atoms with van der Waals surface area (Å²) in [5.41, 5.74) is 2.00. The summed E-state index contributed by atoms with van der Waals surface area (Å²) in [6.45, 7) is 2.84. The fourth-order valence-corrected chi connectivity index (χ4v) is 2.61. The van der Waals surface area contributed by atoms with Gasteiger partial charge in [0.25, 0.3) is 0 Å². The Kier molecular flexibility index (Phi) is 3.88. The van der Waals surface area contributed by atoms with E-state index in [9.17, 15) is 4.39 Å². The molecular formula is C17H16FN3. The van der Waals surface area contributed by atoms with Crippen LogP contribution in [-0.4, -0.2) is 16.5 Å². The molecule has 1 atom stereocenters. The third-order valence-electron chi connectivity index (χ3n) is 3.54. The maximum absolute atomic E-state index is 14.0. The van der Waals surface area contributed by atoms with Crippen molar-refractivity contribution in [1.29, 1.82) is 0 Å². The summed E-state index contributed by atoms with van der Waals surface area (Å²) >= 11 is 0. The number of hydrogen-bond donors (Lipinski definition) is 1. The van der Waals surface area contributed by atoms with E-state index >= 15 is 0 Å². The third-order valence-corrected chi connectivity index (χ3v) is 3.54. The second-order valence-electron chi connectivity index (χ2n) is 4.84. The van der Waals surface area contributed by atoms with Gasteiger partial charge in [0.2, 0.25) is 0 Å². The van der Waals surface area contributed by atoms with E-state index in [0.717, 1.165) is 23.1 Å². The molecule has 0 aliphatic carbocycles. The molecule has 1 heterocycles. The van der Waals surface area contributed by atoms with E-state index in [0.29, 0.717) is 5.39 Å². The zero-order chi connectivity index (χ0) is 14.7. The zero-order valence-corrected chi connectivity index (χ0v) is 11.8. The SMILES string of the molecule is CCNC(c1cncnc1)c1ccc(F)c2ccccc12. The Morgan fingerprint density at radius 1 is 1.05 bits per heavy atom. The Bertz CT molecular complexity index is 743. The molecule has 1 aromatic heterocycles. The highest BCUT2D eigenvalue weighted by Crippen LogP contribution is 2.29. The quantitative estimate of drug-likeness (QED) is 0.795. The Balaban J connectivity index is 2.19. The average Bonchev–Trinajstić information content (AvgIpc) is 2.55. The number of aromatic nitrogens is 2. The number of nitrogens with zero attached hydrogens (tertiary/aromatic N) is 2. The van der Waals surface area contributed by atoms with Crippen molar-refractivity contribution < 1.29 is 4.39 Å². The average molecular weight is 281 g/mol. The number of benzene rings is 2. The van der Waals surface area contributed by atoms with Crippen molar-refractivity contribution in [1.82, 2.24) is 15.3 Å². The van der Waals surface area contributed by atoms with Crippen molar-refractivity contribution in [3.63, 3.8) is 0 Å². The lowest BCUT2D eigenvalue weighted by atomic mass is 9.95. The first-order chi connectivity index (χ1) is 10.3. The van der Waals surface area contributed by atoms with Gasteiger partial charge in [0.05, 0.1) is 6.04 Å². The lowest BCUT2D eigenvalue weighted by Gasteiger charge is -2.20. The molecule has 0 saturated carbocycles. The van der Waals surface area contributed by atoms with Crippen LogP contribution in [0.3, 0.4) is 0 Å². The number of fused-ring (bicyclic) bond motifs is 1. The van der Waals surface area contributed by atoms with Crippen LogP contribution in [0, 0.1) is 5.82 Å². The van der Waals surface area contributed by atoms with E-state index in [1.54, 1.807) is 18.5 Å². The van der Waals surface area contributed by atoms with E-state index in [-0.39, 0.29) is 11.9 Å². The van der Waals surface area contributed by atoms with Crippen molar-refractivity contribution in [3.8, 4) is 0 Å². The van der Waals surface area contributed by atoms with Gasteiger partial charge in [-0.1, -0.05) is 37.3 Å². The first kappa shape index (κ1) is 13.6. The summed E-state index contributed by atoms with van der Waals surface area (Å²) in [6, 6.07) is 10.8. The van der Waals surface area contributed by atoms with E-state index in [1.807, 2.05) is 31.2 Å². The second-order valence-corrected chi connectivity index (χ2v) is 4.84. The summed E-state index contributed by atoms with van der Waals surface area (Å²) in [4.78, 5) is 8.17. The van der Waals surface area contributed by atoms with Crippen molar-refractivity contribution in [2.45, 2.75) is 13.0 Å². The van der Waals surface area contributed by atoms with Gasteiger partial charge < -0.3 is 5.32 Å². The van der Waals surface area contributed by atoms with Gasteiger partial charge in [-0.2, -0.15) is 0 Å². The molecule has 1 N–H and O–H groups in total. The Morgan fingerprint density at radius 2 is 1.76 bits per heavy atom. The van der Waals surface area contributed by atoms with Crippen molar-refractivity contribution in [2.75, 3.05) is 6.54 Å². The largest absolute Gasteiger partial charge is 0.306 e. The monoisotopic (exact) mass is 281 g/mol. The summed E-state index contributed by atoms with van der Waals surface area (Å²) in [5.74, 6) is -0.200. The Labute approximate surface area is 122 Å². The van der Waals surface area contributed by atoms with Crippen LogP contribution in [0.5, 0.6) is 0 Å². The predicted octanol–water partition coefficient (Wildman–Crippen LogP) is 3.47. The summed E-state index contributed by atoms with van der Waals surface area (Å²) in [5, 5.41) is 4.97. The smallest absolute Gasteiger partial charge is 0.131 e. The molecule has 0 spiro atoms. The molecule has 21 heavy (non-hydrogen) atoms. The molecule has 0 aliphatic heterocycles.